The molecule has 0 saturated heterocycles. The predicted octanol–water partition coefficient (Wildman–Crippen LogP) is 5.06. The Morgan fingerprint density at radius 3 is 2.34 bits per heavy atom. The molecule has 3 fully saturated rings. The number of nitrogens with zero attached hydrogens (tertiary/aromatic N) is 2. The highest BCUT2D eigenvalue weighted by Gasteiger charge is 2.60. The second-order valence-corrected chi connectivity index (χ2v) is 10.8. The standard InChI is InChI=1S/C28H33F2N3O2/c1-28(29,30)21-5-2-4-17(12-21)13-22(34)16-33-27(35)25-23-14-20(15-24(23)25)18-6-8-19(9-7-18)26-31-10-3-11-32-26/h2-5,10-12,18-20,23-25H,6-9,13-16H2,1H3,(H,33,35)/t18?,19?,20?,23-,24+,25?. The van der Waals surface area contributed by atoms with Crippen molar-refractivity contribution in [2.45, 2.75) is 63.7 Å². The first-order valence-corrected chi connectivity index (χ1v) is 12.8. The van der Waals surface area contributed by atoms with E-state index >= 15 is 0 Å². The summed E-state index contributed by atoms with van der Waals surface area (Å²) in [4.78, 5) is 33.9. The van der Waals surface area contributed by atoms with Gasteiger partial charge >= 0.3 is 0 Å². The van der Waals surface area contributed by atoms with Crippen molar-refractivity contribution < 1.29 is 18.4 Å². The molecule has 0 bridgehead atoms. The summed E-state index contributed by atoms with van der Waals surface area (Å²) in [5.41, 5.74) is 0.442. The third kappa shape index (κ3) is 5.44. The minimum absolute atomic E-state index is 0.0226. The zero-order chi connectivity index (χ0) is 24.6. The molecular formula is C28H33F2N3O2. The van der Waals surface area contributed by atoms with Crippen LogP contribution < -0.4 is 5.32 Å². The summed E-state index contributed by atoms with van der Waals surface area (Å²) in [6.45, 7) is 0.798. The molecule has 0 radical (unpaired) electrons. The van der Waals surface area contributed by atoms with E-state index in [9.17, 15) is 18.4 Å². The van der Waals surface area contributed by atoms with Crippen LogP contribution in [0, 0.1) is 29.6 Å². The predicted molar refractivity (Wildman–Crippen MR) is 128 cm³/mol. The summed E-state index contributed by atoms with van der Waals surface area (Å²) in [5, 5.41) is 2.81. The highest BCUT2D eigenvalue weighted by Crippen LogP contribution is 2.62. The van der Waals surface area contributed by atoms with Crippen LogP contribution in [0.25, 0.3) is 0 Å². The Kier molecular flexibility index (Phi) is 6.69. The molecule has 3 saturated carbocycles. The number of fused-ring (bicyclic) bond motifs is 1. The zero-order valence-electron chi connectivity index (χ0n) is 20.1. The van der Waals surface area contributed by atoms with Crippen molar-refractivity contribution in [3.05, 3.63) is 59.7 Å². The van der Waals surface area contributed by atoms with E-state index in [0.29, 0.717) is 29.2 Å². The minimum Gasteiger partial charge on any atom is -0.349 e. The molecule has 3 aliphatic carbocycles. The van der Waals surface area contributed by atoms with Gasteiger partial charge in [-0.05, 0) is 79.9 Å². The van der Waals surface area contributed by atoms with Gasteiger partial charge in [-0.1, -0.05) is 18.2 Å². The maximum atomic E-state index is 13.5. The Labute approximate surface area is 205 Å². The number of rotatable bonds is 8. The molecule has 1 N–H and O–H groups in total. The first kappa shape index (κ1) is 24.0. The Balaban J connectivity index is 1.03. The Bertz CT molecular complexity index is 1050. The van der Waals surface area contributed by atoms with Gasteiger partial charge in [-0.3, -0.25) is 9.59 Å². The third-order valence-corrected chi connectivity index (χ3v) is 8.47. The Morgan fingerprint density at radius 1 is 1.00 bits per heavy atom. The van der Waals surface area contributed by atoms with Crippen LogP contribution in [0.4, 0.5) is 8.78 Å². The van der Waals surface area contributed by atoms with Crippen molar-refractivity contribution in [1.82, 2.24) is 15.3 Å². The average Bonchev–Trinajstić information content (AvgIpc) is 3.36. The molecule has 1 heterocycles. The summed E-state index contributed by atoms with van der Waals surface area (Å²) in [6.07, 6.45) is 10.6. The molecule has 1 amide bonds. The average molecular weight is 482 g/mol. The van der Waals surface area contributed by atoms with Crippen LogP contribution in [-0.2, 0) is 21.9 Å². The molecule has 7 heteroatoms. The van der Waals surface area contributed by atoms with Crippen molar-refractivity contribution in [3.8, 4) is 0 Å². The SMILES string of the molecule is CC(F)(F)c1cccc(CC(=O)CNC(=O)C2[C@H]3CC(C4CCC(c5ncccn5)CC4)C[C@@H]23)c1. The number of carbonyl (C=O) groups excluding carboxylic acids is 2. The third-order valence-electron chi connectivity index (χ3n) is 8.47. The fourth-order valence-electron chi connectivity index (χ4n) is 6.58. The second-order valence-electron chi connectivity index (χ2n) is 10.8. The summed E-state index contributed by atoms with van der Waals surface area (Å²) >= 11 is 0. The van der Waals surface area contributed by atoms with Crippen LogP contribution in [-0.4, -0.2) is 28.2 Å². The smallest absolute Gasteiger partial charge is 0.270 e. The molecule has 4 atom stereocenters. The van der Waals surface area contributed by atoms with Gasteiger partial charge in [0.05, 0.1) is 6.54 Å². The van der Waals surface area contributed by atoms with Gasteiger partial charge < -0.3 is 5.32 Å². The van der Waals surface area contributed by atoms with E-state index < -0.39 is 5.92 Å². The van der Waals surface area contributed by atoms with E-state index in [-0.39, 0.29) is 36.1 Å². The van der Waals surface area contributed by atoms with Gasteiger partial charge in [0.25, 0.3) is 5.92 Å². The molecule has 35 heavy (non-hydrogen) atoms. The second kappa shape index (κ2) is 9.75. The normalized spacial score (nSPS) is 29.9. The number of nitrogens with one attached hydrogen (secondary N) is 1. The number of Topliss-reactive ketones (excluding diaryl/α,β-unsaturated/α-hetero) is 1. The highest BCUT2D eigenvalue weighted by atomic mass is 19.3. The van der Waals surface area contributed by atoms with E-state index in [1.54, 1.807) is 6.07 Å². The molecule has 2 aromatic rings. The van der Waals surface area contributed by atoms with Crippen molar-refractivity contribution in [1.29, 1.82) is 0 Å². The fraction of sp³-hybridized carbons (Fsp3) is 0.571. The lowest BCUT2D eigenvalue weighted by molar-refractivity contribution is -0.126. The van der Waals surface area contributed by atoms with Crippen LogP contribution in [0.5, 0.6) is 0 Å². The van der Waals surface area contributed by atoms with E-state index in [0.717, 1.165) is 44.3 Å². The van der Waals surface area contributed by atoms with Crippen LogP contribution in [0.3, 0.4) is 0 Å². The molecule has 3 aliphatic rings. The Morgan fingerprint density at radius 2 is 1.69 bits per heavy atom. The number of halogens is 2. The maximum Gasteiger partial charge on any atom is 0.270 e. The van der Waals surface area contributed by atoms with E-state index in [4.69, 9.17) is 0 Å². The fourth-order valence-corrected chi connectivity index (χ4v) is 6.58. The monoisotopic (exact) mass is 481 g/mol. The van der Waals surface area contributed by atoms with Crippen molar-refractivity contribution in [2.24, 2.45) is 29.6 Å². The molecule has 5 rings (SSSR count). The number of alkyl halides is 2. The lowest BCUT2D eigenvalue weighted by Gasteiger charge is -2.32. The summed E-state index contributed by atoms with van der Waals surface area (Å²) in [6, 6.07) is 7.79. The van der Waals surface area contributed by atoms with Crippen LogP contribution in [0.1, 0.15) is 68.3 Å². The number of hydrogen-bond donors (Lipinski definition) is 1. The van der Waals surface area contributed by atoms with E-state index in [1.165, 1.54) is 31.0 Å². The van der Waals surface area contributed by atoms with Gasteiger partial charge in [0.15, 0.2) is 5.78 Å². The lowest BCUT2D eigenvalue weighted by Crippen LogP contribution is -2.33. The number of aromatic nitrogens is 2. The summed E-state index contributed by atoms with van der Waals surface area (Å²) < 4.78 is 27.0. The number of ketones is 1. The first-order valence-electron chi connectivity index (χ1n) is 12.8. The molecule has 0 aliphatic heterocycles. The molecule has 186 valence electrons. The van der Waals surface area contributed by atoms with E-state index in [2.05, 4.69) is 15.3 Å². The van der Waals surface area contributed by atoms with E-state index in [1.807, 2.05) is 18.5 Å². The van der Waals surface area contributed by atoms with Crippen molar-refractivity contribution in [2.75, 3.05) is 6.54 Å². The zero-order valence-corrected chi connectivity index (χ0v) is 20.1. The van der Waals surface area contributed by atoms with Gasteiger partial charge in [-0.15, -0.1) is 0 Å². The summed E-state index contributed by atoms with van der Waals surface area (Å²) in [7, 11) is 0. The number of hydrogen-bond acceptors (Lipinski definition) is 4. The first-order chi connectivity index (χ1) is 16.8. The number of amides is 1. The Hall–Kier alpha value is -2.70. The molecule has 5 nitrogen and oxygen atoms in total. The largest absolute Gasteiger partial charge is 0.349 e. The maximum absolute atomic E-state index is 13.5. The van der Waals surface area contributed by atoms with Crippen LogP contribution in [0.15, 0.2) is 42.7 Å². The molecular weight excluding hydrogens is 448 g/mol. The molecule has 2 unspecified atom stereocenters. The van der Waals surface area contributed by atoms with Gasteiger partial charge in [0, 0.05) is 43.1 Å². The summed E-state index contributed by atoms with van der Waals surface area (Å²) in [5.74, 6) is 0.699. The molecule has 1 aromatic carbocycles. The van der Waals surface area contributed by atoms with Gasteiger partial charge in [-0.2, -0.15) is 0 Å². The number of benzene rings is 1. The van der Waals surface area contributed by atoms with Gasteiger partial charge in [0.1, 0.15) is 5.82 Å². The lowest BCUT2D eigenvalue weighted by atomic mass is 9.73. The van der Waals surface area contributed by atoms with Crippen molar-refractivity contribution >= 4 is 11.7 Å². The number of carbonyl (C=O) groups is 2. The molecule has 0 spiro atoms. The van der Waals surface area contributed by atoms with Gasteiger partial charge in [-0.25, -0.2) is 18.7 Å². The van der Waals surface area contributed by atoms with Gasteiger partial charge in [0.2, 0.25) is 5.91 Å². The highest BCUT2D eigenvalue weighted by molar-refractivity contribution is 5.89. The van der Waals surface area contributed by atoms with Crippen molar-refractivity contribution in [3.63, 3.8) is 0 Å². The minimum atomic E-state index is -2.94. The van der Waals surface area contributed by atoms with Crippen LogP contribution >= 0.6 is 0 Å². The molecule has 1 aromatic heterocycles. The quantitative estimate of drug-likeness (QED) is 0.572. The topological polar surface area (TPSA) is 72.0 Å². The van der Waals surface area contributed by atoms with Crippen LogP contribution in [0.2, 0.25) is 0 Å².